The first-order valence-electron chi connectivity index (χ1n) is 7.97. The number of nitrogens with one attached hydrogen (secondary N) is 2. The minimum absolute atomic E-state index is 0.0877. The molecule has 0 bridgehead atoms. The zero-order valence-corrected chi connectivity index (χ0v) is 15.7. The van der Waals surface area contributed by atoms with E-state index in [0.29, 0.717) is 11.4 Å². The number of esters is 2. The number of ether oxygens (including phenoxy) is 2. The molecule has 0 aliphatic carbocycles. The van der Waals surface area contributed by atoms with Gasteiger partial charge >= 0.3 is 18.0 Å². The van der Waals surface area contributed by atoms with Crippen molar-refractivity contribution < 1.29 is 23.9 Å². The van der Waals surface area contributed by atoms with E-state index in [9.17, 15) is 14.4 Å². The molecule has 2 N–H and O–H groups in total. The van der Waals surface area contributed by atoms with Gasteiger partial charge in [0.2, 0.25) is 0 Å². The van der Waals surface area contributed by atoms with Gasteiger partial charge in [0.05, 0.1) is 34.5 Å². The van der Waals surface area contributed by atoms with Gasteiger partial charge in [0.25, 0.3) is 0 Å². The number of halogens is 2. The molecule has 0 saturated heterocycles. The standard InChI is InChI=1S/C17H18Cl2N2O5/c1-3-12-14(16(23)25-4-2)13(21-17(24)20-12)8-26-15(22)10-7-9(18)5-6-11(10)19/h5-7,12H,3-4,8H2,1-2H3,(H2,20,21,24)/t12-/m0/s1. The van der Waals surface area contributed by atoms with Gasteiger partial charge in [-0.15, -0.1) is 0 Å². The summed E-state index contributed by atoms with van der Waals surface area (Å²) in [6.45, 7) is 3.34. The molecule has 1 aromatic carbocycles. The molecule has 2 rings (SSSR count). The summed E-state index contributed by atoms with van der Waals surface area (Å²) in [7, 11) is 0. The summed E-state index contributed by atoms with van der Waals surface area (Å²) >= 11 is 11.8. The Bertz CT molecular complexity index is 764. The lowest BCUT2D eigenvalue weighted by molar-refractivity contribution is -0.139. The highest BCUT2D eigenvalue weighted by atomic mass is 35.5. The van der Waals surface area contributed by atoms with Gasteiger partial charge < -0.3 is 20.1 Å². The van der Waals surface area contributed by atoms with E-state index in [-0.39, 0.29) is 35.1 Å². The molecule has 7 nitrogen and oxygen atoms in total. The first kappa shape index (κ1) is 20.1. The van der Waals surface area contributed by atoms with Crippen LogP contribution < -0.4 is 10.6 Å². The van der Waals surface area contributed by atoms with E-state index < -0.39 is 24.0 Å². The van der Waals surface area contributed by atoms with Crippen molar-refractivity contribution in [2.24, 2.45) is 0 Å². The van der Waals surface area contributed by atoms with Crippen molar-refractivity contribution in [1.29, 1.82) is 0 Å². The molecule has 140 valence electrons. The Morgan fingerprint density at radius 2 is 1.88 bits per heavy atom. The Balaban J connectivity index is 2.24. The van der Waals surface area contributed by atoms with Gasteiger partial charge in [0.1, 0.15) is 6.61 Å². The molecule has 1 aliphatic rings. The molecule has 0 aromatic heterocycles. The zero-order chi connectivity index (χ0) is 19.3. The molecule has 1 heterocycles. The number of urea groups is 1. The van der Waals surface area contributed by atoms with E-state index in [1.165, 1.54) is 12.1 Å². The second-order valence-corrected chi connectivity index (χ2v) is 6.22. The average Bonchev–Trinajstić information content (AvgIpc) is 2.61. The molecule has 9 heteroatoms. The van der Waals surface area contributed by atoms with Gasteiger partial charge in [-0.2, -0.15) is 0 Å². The van der Waals surface area contributed by atoms with Crippen LogP contribution in [-0.4, -0.2) is 37.2 Å². The van der Waals surface area contributed by atoms with Crippen molar-refractivity contribution in [3.05, 3.63) is 45.1 Å². The van der Waals surface area contributed by atoms with Gasteiger partial charge in [-0.25, -0.2) is 14.4 Å². The maximum Gasteiger partial charge on any atom is 0.340 e. The predicted molar refractivity (Wildman–Crippen MR) is 96.1 cm³/mol. The normalized spacial score (nSPS) is 16.6. The smallest absolute Gasteiger partial charge is 0.340 e. The Hall–Kier alpha value is -2.25. The summed E-state index contributed by atoms with van der Waals surface area (Å²) in [5.41, 5.74) is 0.481. The van der Waals surface area contributed by atoms with Crippen molar-refractivity contribution in [3.63, 3.8) is 0 Å². The van der Waals surface area contributed by atoms with Gasteiger partial charge in [-0.05, 0) is 31.5 Å². The second-order valence-electron chi connectivity index (χ2n) is 5.37. The van der Waals surface area contributed by atoms with Crippen LogP contribution in [0.4, 0.5) is 4.79 Å². The largest absolute Gasteiger partial charge is 0.463 e. The number of hydrogen-bond donors (Lipinski definition) is 2. The van der Waals surface area contributed by atoms with Crippen LogP contribution in [0.25, 0.3) is 0 Å². The fourth-order valence-electron chi connectivity index (χ4n) is 2.44. The van der Waals surface area contributed by atoms with Crippen LogP contribution in [0.2, 0.25) is 10.0 Å². The van der Waals surface area contributed by atoms with Crippen LogP contribution >= 0.6 is 23.2 Å². The van der Waals surface area contributed by atoms with Gasteiger partial charge in [0.15, 0.2) is 0 Å². The van der Waals surface area contributed by atoms with Crippen LogP contribution in [0.15, 0.2) is 29.5 Å². The molecule has 0 unspecified atom stereocenters. The number of carbonyl (C=O) groups is 3. The molecule has 0 saturated carbocycles. The number of rotatable bonds is 6. The predicted octanol–water partition coefficient (Wildman–Crippen LogP) is 3.06. The molecule has 1 atom stereocenters. The molecule has 0 radical (unpaired) electrons. The molecule has 1 aliphatic heterocycles. The third-order valence-corrected chi connectivity index (χ3v) is 4.21. The number of amides is 2. The minimum Gasteiger partial charge on any atom is -0.463 e. The van der Waals surface area contributed by atoms with Gasteiger partial charge in [-0.3, -0.25) is 0 Å². The summed E-state index contributed by atoms with van der Waals surface area (Å²) in [6.07, 6.45) is 0.471. The van der Waals surface area contributed by atoms with Crippen LogP contribution in [0.1, 0.15) is 30.6 Å². The number of carbonyl (C=O) groups excluding carboxylic acids is 3. The van der Waals surface area contributed by atoms with Crippen molar-refractivity contribution in [3.8, 4) is 0 Å². The summed E-state index contributed by atoms with van der Waals surface area (Å²) in [6, 6.07) is 3.37. The lowest BCUT2D eigenvalue weighted by atomic mass is 10.0. The molecule has 0 spiro atoms. The summed E-state index contributed by atoms with van der Waals surface area (Å²) in [5, 5.41) is 5.64. The van der Waals surface area contributed by atoms with Gasteiger partial charge in [0, 0.05) is 5.02 Å². The second kappa shape index (κ2) is 8.91. The summed E-state index contributed by atoms with van der Waals surface area (Å²) < 4.78 is 10.3. The lowest BCUT2D eigenvalue weighted by Gasteiger charge is -2.28. The van der Waals surface area contributed by atoms with Crippen molar-refractivity contribution in [1.82, 2.24) is 10.6 Å². The monoisotopic (exact) mass is 400 g/mol. The number of hydrogen-bond acceptors (Lipinski definition) is 5. The van der Waals surface area contributed by atoms with Crippen molar-refractivity contribution in [2.45, 2.75) is 26.3 Å². The fraction of sp³-hybridized carbons (Fsp3) is 0.353. The lowest BCUT2D eigenvalue weighted by Crippen LogP contribution is -2.51. The quantitative estimate of drug-likeness (QED) is 0.715. The minimum atomic E-state index is -0.728. The van der Waals surface area contributed by atoms with Crippen LogP contribution in [0, 0.1) is 0 Å². The Kier molecular flexibility index (Phi) is 6.88. The molecular formula is C17H18Cl2N2O5. The van der Waals surface area contributed by atoms with Crippen LogP contribution in [0.5, 0.6) is 0 Å². The van der Waals surface area contributed by atoms with E-state index in [1.54, 1.807) is 13.0 Å². The molecular weight excluding hydrogens is 383 g/mol. The van der Waals surface area contributed by atoms with E-state index in [4.69, 9.17) is 32.7 Å². The zero-order valence-electron chi connectivity index (χ0n) is 14.2. The van der Waals surface area contributed by atoms with E-state index >= 15 is 0 Å². The topological polar surface area (TPSA) is 93.7 Å². The third-order valence-electron chi connectivity index (χ3n) is 3.64. The van der Waals surface area contributed by atoms with E-state index in [1.807, 2.05) is 6.92 Å². The van der Waals surface area contributed by atoms with Crippen LogP contribution in [0.3, 0.4) is 0 Å². The maximum absolute atomic E-state index is 12.3. The van der Waals surface area contributed by atoms with E-state index in [0.717, 1.165) is 0 Å². The molecule has 1 aromatic rings. The average molecular weight is 401 g/mol. The van der Waals surface area contributed by atoms with Gasteiger partial charge in [-0.1, -0.05) is 30.1 Å². The molecule has 26 heavy (non-hydrogen) atoms. The fourth-order valence-corrected chi connectivity index (χ4v) is 2.81. The highest BCUT2D eigenvalue weighted by molar-refractivity contribution is 6.35. The van der Waals surface area contributed by atoms with Crippen molar-refractivity contribution >= 4 is 41.2 Å². The highest BCUT2D eigenvalue weighted by Crippen LogP contribution is 2.22. The van der Waals surface area contributed by atoms with Crippen LogP contribution in [-0.2, 0) is 14.3 Å². The Labute approximate surface area is 160 Å². The summed E-state index contributed by atoms with van der Waals surface area (Å²) in [4.78, 5) is 36.3. The van der Waals surface area contributed by atoms with Crippen molar-refractivity contribution in [2.75, 3.05) is 13.2 Å². The maximum atomic E-state index is 12.3. The first-order chi connectivity index (χ1) is 12.4. The number of benzene rings is 1. The molecule has 2 amide bonds. The summed E-state index contributed by atoms with van der Waals surface area (Å²) in [5.74, 6) is -1.31. The SMILES string of the molecule is CCOC(=O)C1=C(COC(=O)c2cc(Cl)ccc2Cl)NC(=O)N[C@H]1CC. The Morgan fingerprint density at radius 1 is 1.15 bits per heavy atom. The third kappa shape index (κ3) is 4.68. The highest BCUT2D eigenvalue weighted by Gasteiger charge is 2.32. The molecule has 0 fully saturated rings. The first-order valence-corrected chi connectivity index (χ1v) is 8.72. The Morgan fingerprint density at radius 3 is 2.54 bits per heavy atom. The van der Waals surface area contributed by atoms with E-state index in [2.05, 4.69) is 10.6 Å².